The largest absolute Gasteiger partial charge is 0.486 e. The van der Waals surface area contributed by atoms with E-state index < -0.39 is 0 Å². The van der Waals surface area contributed by atoms with Gasteiger partial charge in [-0.15, -0.1) is 0 Å². The second-order valence-electron chi connectivity index (χ2n) is 5.54. The van der Waals surface area contributed by atoms with E-state index in [1.165, 1.54) is 0 Å². The highest BCUT2D eigenvalue weighted by atomic mass is 16.6. The van der Waals surface area contributed by atoms with Gasteiger partial charge in [-0.05, 0) is 42.2 Å². The first kappa shape index (κ1) is 15.4. The van der Waals surface area contributed by atoms with Crippen LogP contribution in [0.3, 0.4) is 0 Å². The van der Waals surface area contributed by atoms with Gasteiger partial charge in [0.15, 0.2) is 11.5 Å². The summed E-state index contributed by atoms with van der Waals surface area (Å²) >= 11 is 0. The van der Waals surface area contributed by atoms with Gasteiger partial charge in [0.25, 0.3) is 0 Å². The lowest BCUT2D eigenvalue weighted by Crippen LogP contribution is -2.16. The number of para-hydroxylation sites is 1. The molecule has 0 atom stereocenters. The van der Waals surface area contributed by atoms with Crippen LogP contribution < -0.4 is 14.8 Å². The maximum atomic E-state index is 12.2. The van der Waals surface area contributed by atoms with Gasteiger partial charge in [-0.3, -0.25) is 4.79 Å². The van der Waals surface area contributed by atoms with Crippen molar-refractivity contribution < 1.29 is 14.3 Å². The fraction of sp³-hybridized carbons (Fsp3) is 0.316. The summed E-state index contributed by atoms with van der Waals surface area (Å²) in [7, 11) is 0. The van der Waals surface area contributed by atoms with E-state index in [1.807, 2.05) is 42.5 Å². The number of rotatable bonds is 5. The zero-order valence-corrected chi connectivity index (χ0v) is 13.3. The molecule has 0 fully saturated rings. The van der Waals surface area contributed by atoms with Gasteiger partial charge in [0.05, 0.1) is 0 Å². The zero-order chi connectivity index (χ0) is 16.1. The molecule has 1 aliphatic heterocycles. The molecule has 4 nitrogen and oxygen atoms in total. The molecule has 120 valence electrons. The lowest BCUT2D eigenvalue weighted by atomic mass is 10.1. The number of carbonyl (C=O) groups is 1. The van der Waals surface area contributed by atoms with Crippen molar-refractivity contribution in [1.29, 1.82) is 0 Å². The van der Waals surface area contributed by atoms with E-state index in [2.05, 4.69) is 12.2 Å². The summed E-state index contributed by atoms with van der Waals surface area (Å²) in [4.78, 5) is 12.2. The predicted octanol–water partition coefficient (Wildman–Crippen LogP) is 3.59. The molecule has 4 heteroatoms. The van der Waals surface area contributed by atoms with Crippen LogP contribution in [0.5, 0.6) is 11.5 Å². The number of nitrogens with one attached hydrogen (secondary N) is 1. The smallest absolute Gasteiger partial charge is 0.224 e. The molecule has 0 saturated heterocycles. The van der Waals surface area contributed by atoms with E-state index >= 15 is 0 Å². The normalized spacial score (nSPS) is 12.7. The van der Waals surface area contributed by atoms with Crippen LogP contribution in [-0.2, 0) is 17.6 Å². The van der Waals surface area contributed by atoms with Crippen molar-refractivity contribution in [3.8, 4) is 11.5 Å². The van der Waals surface area contributed by atoms with Crippen molar-refractivity contribution in [2.45, 2.75) is 26.2 Å². The second-order valence-corrected chi connectivity index (χ2v) is 5.54. The Morgan fingerprint density at radius 1 is 1.09 bits per heavy atom. The summed E-state index contributed by atoms with van der Waals surface area (Å²) in [5.41, 5.74) is 3.13. The molecule has 1 N–H and O–H groups in total. The van der Waals surface area contributed by atoms with E-state index in [4.69, 9.17) is 9.47 Å². The van der Waals surface area contributed by atoms with Gasteiger partial charge in [-0.1, -0.05) is 31.2 Å². The highest BCUT2D eigenvalue weighted by Gasteiger charge is 2.12. The first-order valence-corrected chi connectivity index (χ1v) is 8.02. The Balaban J connectivity index is 1.58. The van der Waals surface area contributed by atoms with Crippen molar-refractivity contribution >= 4 is 11.6 Å². The molecule has 0 bridgehead atoms. The summed E-state index contributed by atoms with van der Waals surface area (Å²) in [5.74, 6) is 1.58. The Hall–Kier alpha value is -2.49. The third kappa shape index (κ3) is 3.83. The Bertz CT molecular complexity index is 697. The number of hydrogen-bond acceptors (Lipinski definition) is 3. The fourth-order valence-corrected chi connectivity index (χ4v) is 2.66. The number of carbonyl (C=O) groups excluding carboxylic acids is 1. The third-order valence-corrected chi connectivity index (χ3v) is 3.92. The molecule has 2 aromatic rings. The van der Waals surface area contributed by atoms with Crippen LogP contribution in [0, 0.1) is 0 Å². The van der Waals surface area contributed by atoms with Crippen LogP contribution in [0.25, 0.3) is 0 Å². The Kier molecular flexibility index (Phi) is 4.81. The average Bonchev–Trinajstić information content (AvgIpc) is 2.60. The molecule has 0 aliphatic carbocycles. The molecule has 0 aromatic heterocycles. The summed E-state index contributed by atoms with van der Waals surface area (Å²) in [6.45, 7) is 3.25. The SMILES string of the molecule is CCc1ccccc1NC(=O)CCc1ccc2c(c1)OCCO2. The monoisotopic (exact) mass is 311 g/mol. The van der Waals surface area contributed by atoms with E-state index in [1.54, 1.807) is 0 Å². The first-order valence-electron chi connectivity index (χ1n) is 8.02. The quantitative estimate of drug-likeness (QED) is 0.918. The van der Waals surface area contributed by atoms with Gasteiger partial charge in [-0.25, -0.2) is 0 Å². The number of benzene rings is 2. The molecule has 1 amide bonds. The molecular formula is C19H21NO3. The topological polar surface area (TPSA) is 47.6 Å². The number of amides is 1. The Labute approximate surface area is 136 Å². The predicted molar refractivity (Wildman–Crippen MR) is 90.2 cm³/mol. The minimum atomic E-state index is 0.0285. The van der Waals surface area contributed by atoms with Crippen molar-refractivity contribution in [2.75, 3.05) is 18.5 Å². The number of ether oxygens (including phenoxy) is 2. The van der Waals surface area contributed by atoms with E-state index in [-0.39, 0.29) is 5.91 Å². The molecule has 2 aromatic carbocycles. The van der Waals surface area contributed by atoms with Crippen molar-refractivity contribution in [3.63, 3.8) is 0 Å². The molecule has 0 unspecified atom stereocenters. The number of hydrogen-bond donors (Lipinski definition) is 1. The molecular weight excluding hydrogens is 290 g/mol. The van der Waals surface area contributed by atoms with Gasteiger partial charge in [0.2, 0.25) is 5.91 Å². The van der Waals surface area contributed by atoms with Crippen molar-refractivity contribution in [3.05, 3.63) is 53.6 Å². The number of aryl methyl sites for hydroxylation is 2. The zero-order valence-electron chi connectivity index (χ0n) is 13.3. The van der Waals surface area contributed by atoms with Gasteiger partial charge >= 0.3 is 0 Å². The van der Waals surface area contributed by atoms with Crippen molar-refractivity contribution in [1.82, 2.24) is 0 Å². The lowest BCUT2D eigenvalue weighted by molar-refractivity contribution is -0.116. The first-order chi connectivity index (χ1) is 11.3. The summed E-state index contributed by atoms with van der Waals surface area (Å²) < 4.78 is 11.1. The maximum Gasteiger partial charge on any atom is 0.224 e. The highest BCUT2D eigenvalue weighted by molar-refractivity contribution is 5.91. The summed E-state index contributed by atoms with van der Waals surface area (Å²) in [5, 5.41) is 3.00. The van der Waals surface area contributed by atoms with Gasteiger partial charge in [0, 0.05) is 12.1 Å². The molecule has 0 radical (unpaired) electrons. The van der Waals surface area contributed by atoms with E-state index in [0.29, 0.717) is 26.1 Å². The van der Waals surface area contributed by atoms with Gasteiger partial charge in [0.1, 0.15) is 13.2 Å². The molecule has 1 heterocycles. The van der Waals surface area contributed by atoms with Gasteiger partial charge in [-0.2, -0.15) is 0 Å². The van der Waals surface area contributed by atoms with Gasteiger partial charge < -0.3 is 14.8 Å². The fourth-order valence-electron chi connectivity index (χ4n) is 2.66. The van der Waals surface area contributed by atoms with Crippen LogP contribution >= 0.6 is 0 Å². The average molecular weight is 311 g/mol. The summed E-state index contributed by atoms with van der Waals surface area (Å²) in [6.07, 6.45) is 2.02. The Morgan fingerprint density at radius 3 is 2.70 bits per heavy atom. The van der Waals surface area contributed by atoms with Crippen LogP contribution in [0.1, 0.15) is 24.5 Å². The third-order valence-electron chi connectivity index (χ3n) is 3.92. The second kappa shape index (κ2) is 7.18. The number of anilines is 1. The highest BCUT2D eigenvalue weighted by Crippen LogP contribution is 2.31. The lowest BCUT2D eigenvalue weighted by Gasteiger charge is -2.18. The number of fused-ring (bicyclic) bond motifs is 1. The minimum Gasteiger partial charge on any atom is -0.486 e. The maximum absolute atomic E-state index is 12.2. The molecule has 0 saturated carbocycles. The van der Waals surface area contributed by atoms with E-state index in [0.717, 1.165) is 34.7 Å². The van der Waals surface area contributed by atoms with Crippen LogP contribution in [0.2, 0.25) is 0 Å². The molecule has 3 rings (SSSR count). The van der Waals surface area contributed by atoms with Crippen LogP contribution in [0.4, 0.5) is 5.69 Å². The standard InChI is InChI=1S/C19H21NO3/c1-2-15-5-3-4-6-16(15)20-19(21)10-8-14-7-9-17-18(13-14)23-12-11-22-17/h3-7,9,13H,2,8,10-12H2,1H3,(H,20,21). The molecule has 23 heavy (non-hydrogen) atoms. The van der Waals surface area contributed by atoms with Crippen LogP contribution in [-0.4, -0.2) is 19.1 Å². The molecule has 0 spiro atoms. The van der Waals surface area contributed by atoms with E-state index in [9.17, 15) is 4.79 Å². The molecule has 1 aliphatic rings. The van der Waals surface area contributed by atoms with Crippen molar-refractivity contribution in [2.24, 2.45) is 0 Å². The minimum absolute atomic E-state index is 0.0285. The summed E-state index contributed by atoms with van der Waals surface area (Å²) in [6, 6.07) is 13.8. The van der Waals surface area contributed by atoms with Crippen LogP contribution in [0.15, 0.2) is 42.5 Å². The Morgan fingerprint density at radius 2 is 1.87 bits per heavy atom.